The summed E-state index contributed by atoms with van der Waals surface area (Å²) in [5, 5.41) is 13.3. The minimum Gasteiger partial charge on any atom is -0.496 e. The molecule has 2 N–H and O–H groups in total. The zero-order chi connectivity index (χ0) is 21.7. The number of carboxylic acids is 1. The first-order chi connectivity index (χ1) is 14.4. The number of hydrogen-bond donors (Lipinski definition) is 2. The molecule has 0 aliphatic rings. The van der Waals surface area contributed by atoms with Crippen LogP contribution in [-0.4, -0.2) is 35.2 Å². The van der Waals surface area contributed by atoms with E-state index in [0.717, 1.165) is 40.4 Å². The molecule has 0 radical (unpaired) electrons. The summed E-state index contributed by atoms with van der Waals surface area (Å²) in [4.78, 5) is 23.4. The number of hydrogen-bond acceptors (Lipinski definition) is 3. The molecule has 0 bridgehead atoms. The number of methoxy groups -OCH3 is 1. The maximum absolute atomic E-state index is 12.2. The fourth-order valence-corrected chi connectivity index (χ4v) is 3.65. The van der Waals surface area contributed by atoms with Gasteiger partial charge in [-0.2, -0.15) is 0 Å². The summed E-state index contributed by atoms with van der Waals surface area (Å²) < 4.78 is 7.49. The van der Waals surface area contributed by atoms with E-state index in [0.29, 0.717) is 25.1 Å². The zero-order valence-corrected chi connectivity index (χ0v) is 17.7. The fraction of sp³-hybridized carbons (Fsp3) is 0.333. The molecule has 0 atom stereocenters. The third-order valence-corrected chi connectivity index (χ3v) is 5.27. The normalized spacial score (nSPS) is 10.9. The third kappa shape index (κ3) is 4.82. The number of nitrogens with one attached hydrogen (secondary N) is 1. The predicted octanol–water partition coefficient (Wildman–Crippen LogP) is 3.93. The predicted molar refractivity (Wildman–Crippen MR) is 117 cm³/mol. The van der Waals surface area contributed by atoms with E-state index in [9.17, 15) is 14.7 Å². The Morgan fingerprint density at radius 2 is 1.93 bits per heavy atom. The lowest BCUT2D eigenvalue weighted by atomic mass is 10.00. The molecule has 6 nitrogen and oxygen atoms in total. The van der Waals surface area contributed by atoms with E-state index in [1.54, 1.807) is 25.3 Å². The van der Waals surface area contributed by atoms with E-state index >= 15 is 0 Å². The summed E-state index contributed by atoms with van der Waals surface area (Å²) in [6.07, 6.45) is 5.06. The van der Waals surface area contributed by atoms with Gasteiger partial charge >= 0.3 is 5.97 Å². The zero-order valence-electron chi connectivity index (χ0n) is 17.7. The summed E-state index contributed by atoms with van der Waals surface area (Å²) in [5.41, 5.74) is 4.27. The van der Waals surface area contributed by atoms with Gasteiger partial charge in [0.05, 0.1) is 19.1 Å². The van der Waals surface area contributed by atoms with Crippen LogP contribution in [0.25, 0.3) is 10.9 Å². The van der Waals surface area contributed by atoms with Crippen LogP contribution in [0.1, 0.15) is 46.8 Å². The molecule has 2 aromatic carbocycles. The van der Waals surface area contributed by atoms with E-state index in [1.165, 1.54) is 0 Å². The number of carbonyl (C=O) groups excluding carboxylic acids is 1. The molecule has 1 amide bonds. The Morgan fingerprint density at radius 3 is 2.63 bits per heavy atom. The number of benzene rings is 2. The van der Waals surface area contributed by atoms with Gasteiger partial charge in [0.1, 0.15) is 5.75 Å². The van der Waals surface area contributed by atoms with Crippen LogP contribution in [0.3, 0.4) is 0 Å². The second kappa shape index (κ2) is 9.48. The standard InChI is InChI=1S/C24H28N2O4/c1-4-5-10-25-23(27)12-16-6-9-21-20(11-16)19(15-26(21)2)13-17-7-8-18(24(28)29)14-22(17)30-3/h6-9,11,14-15H,4-5,10,12-13H2,1-3H3,(H,25,27)(H,28,29). The molecule has 1 aromatic heterocycles. The van der Waals surface area contributed by atoms with Crippen molar-refractivity contribution in [2.24, 2.45) is 7.05 Å². The number of aromatic nitrogens is 1. The Kier molecular flexibility index (Phi) is 6.77. The van der Waals surface area contributed by atoms with E-state index in [1.807, 2.05) is 19.2 Å². The van der Waals surface area contributed by atoms with Crippen molar-refractivity contribution in [3.8, 4) is 5.75 Å². The number of unbranched alkanes of at least 4 members (excludes halogenated alkanes) is 1. The summed E-state index contributed by atoms with van der Waals surface area (Å²) in [5.74, 6) is -0.392. The summed E-state index contributed by atoms with van der Waals surface area (Å²) in [6.45, 7) is 2.81. The Morgan fingerprint density at radius 1 is 1.13 bits per heavy atom. The van der Waals surface area contributed by atoms with E-state index < -0.39 is 5.97 Å². The number of aryl methyl sites for hydroxylation is 1. The molecule has 30 heavy (non-hydrogen) atoms. The van der Waals surface area contributed by atoms with Crippen LogP contribution in [0.15, 0.2) is 42.6 Å². The van der Waals surface area contributed by atoms with Gasteiger partial charge in [0.2, 0.25) is 5.91 Å². The molecule has 0 saturated carbocycles. The number of amides is 1. The molecule has 3 aromatic rings. The van der Waals surface area contributed by atoms with Gasteiger partial charge in [-0.25, -0.2) is 4.79 Å². The van der Waals surface area contributed by atoms with Crippen LogP contribution in [0.4, 0.5) is 0 Å². The molecular weight excluding hydrogens is 380 g/mol. The first kappa shape index (κ1) is 21.4. The topological polar surface area (TPSA) is 80.6 Å². The SMILES string of the molecule is CCCCNC(=O)Cc1ccc2c(c1)c(Cc1ccc(C(=O)O)cc1OC)cn2C. The molecule has 0 aliphatic carbocycles. The van der Waals surface area contributed by atoms with Gasteiger partial charge in [-0.1, -0.05) is 25.5 Å². The monoisotopic (exact) mass is 408 g/mol. The summed E-state index contributed by atoms with van der Waals surface area (Å²) in [7, 11) is 3.54. The molecule has 3 rings (SSSR count). The minimum atomic E-state index is -0.980. The number of rotatable bonds is 9. The second-order valence-corrected chi connectivity index (χ2v) is 7.51. The van der Waals surface area contributed by atoms with Crippen LogP contribution < -0.4 is 10.1 Å². The second-order valence-electron chi connectivity index (χ2n) is 7.51. The summed E-state index contributed by atoms with van der Waals surface area (Å²) >= 11 is 0. The highest BCUT2D eigenvalue weighted by Crippen LogP contribution is 2.29. The highest BCUT2D eigenvalue weighted by Gasteiger charge is 2.14. The summed E-state index contributed by atoms with van der Waals surface area (Å²) in [6, 6.07) is 11.0. The number of ether oxygens (including phenoxy) is 1. The van der Waals surface area contributed by atoms with Crippen LogP contribution in [0.2, 0.25) is 0 Å². The van der Waals surface area contributed by atoms with Gasteiger partial charge < -0.3 is 19.7 Å². The average molecular weight is 408 g/mol. The Labute approximate surface area is 176 Å². The molecular formula is C24H28N2O4. The maximum Gasteiger partial charge on any atom is 0.335 e. The Hall–Kier alpha value is -3.28. The van der Waals surface area contributed by atoms with Crippen molar-refractivity contribution < 1.29 is 19.4 Å². The average Bonchev–Trinajstić information content (AvgIpc) is 3.03. The van der Waals surface area contributed by atoms with Crippen molar-refractivity contribution in [2.45, 2.75) is 32.6 Å². The fourth-order valence-electron chi connectivity index (χ4n) is 3.65. The van der Waals surface area contributed by atoms with Gasteiger partial charge in [0.25, 0.3) is 0 Å². The Bertz CT molecular complexity index is 1070. The van der Waals surface area contributed by atoms with Crippen LogP contribution in [-0.2, 0) is 24.7 Å². The van der Waals surface area contributed by atoms with Gasteiger partial charge in [-0.3, -0.25) is 4.79 Å². The van der Waals surface area contributed by atoms with Crippen molar-refractivity contribution in [1.82, 2.24) is 9.88 Å². The Balaban J connectivity index is 1.87. The van der Waals surface area contributed by atoms with Crippen molar-refractivity contribution in [3.63, 3.8) is 0 Å². The van der Waals surface area contributed by atoms with Gasteiger partial charge in [-0.05, 0) is 47.4 Å². The number of carboxylic acid groups (broad SMARTS) is 1. The minimum absolute atomic E-state index is 0.0335. The molecule has 6 heteroatoms. The largest absolute Gasteiger partial charge is 0.496 e. The van der Waals surface area contributed by atoms with Crippen molar-refractivity contribution in [2.75, 3.05) is 13.7 Å². The van der Waals surface area contributed by atoms with Gasteiger partial charge in [0, 0.05) is 37.1 Å². The lowest BCUT2D eigenvalue weighted by molar-refractivity contribution is -0.120. The van der Waals surface area contributed by atoms with Crippen LogP contribution in [0, 0.1) is 0 Å². The lowest BCUT2D eigenvalue weighted by Crippen LogP contribution is -2.25. The molecule has 0 unspecified atom stereocenters. The number of aromatic carboxylic acids is 1. The number of fused-ring (bicyclic) bond motifs is 1. The van der Waals surface area contributed by atoms with E-state index in [2.05, 4.69) is 29.1 Å². The van der Waals surface area contributed by atoms with Gasteiger partial charge in [-0.15, -0.1) is 0 Å². The third-order valence-electron chi connectivity index (χ3n) is 5.27. The van der Waals surface area contributed by atoms with Crippen molar-refractivity contribution in [3.05, 3.63) is 64.8 Å². The number of carbonyl (C=O) groups is 2. The van der Waals surface area contributed by atoms with E-state index in [-0.39, 0.29) is 11.5 Å². The first-order valence-electron chi connectivity index (χ1n) is 10.2. The van der Waals surface area contributed by atoms with E-state index in [4.69, 9.17) is 4.74 Å². The molecule has 158 valence electrons. The van der Waals surface area contributed by atoms with Crippen LogP contribution >= 0.6 is 0 Å². The number of nitrogens with zero attached hydrogens (tertiary/aromatic N) is 1. The van der Waals surface area contributed by atoms with Crippen molar-refractivity contribution >= 4 is 22.8 Å². The first-order valence-corrected chi connectivity index (χ1v) is 10.2. The maximum atomic E-state index is 12.2. The van der Waals surface area contributed by atoms with Gasteiger partial charge in [0.15, 0.2) is 0 Å². The van der Waals surface area contributed by atoms with Crippen molar-refractivity contribution in [1.29, 1.82) is 0 Å². The highest BCUT2D eigenvalue weighted by molar-refractivity contribution is 5.89. The molecule has 1 heterocycles. The highest BCUT2D eigenvalue weighted by atomic mass is 16.5. The lowest BCUT2D eigenvalue weighted by Gasteiger charge is -2.09. The van der Waals surface area contributed by atoms with Crippen LogP contribution in [0.5, 0.6) is 5.75 Å². The quantitative estimate of drug-likeness (QED) is 0.526. The molecule has 0 aliphatic heterocycles. The molecule has 0 spiro atoms. The smallest absolute Gasteiger partial charge is 0.335 e. The molecule has 0 fully saturated rings. The molecule has 0 saturated heterocycles.